The van der Waals surface area contributed by atoms with Crippen LogP contribution in [0.4, 0.5) is 0 Å². The predicted octanol–water partition coefficient (Wildman–Crippen LogP) is 6.69. The van der Waals surface area contributed by atoms with Gasteiger partial charge in [-0.3, -0.25) is 4.79 Å². The molecule has 0 fully saturated rings. The summed E-state index contributed by atoms with van der Waals surface area (Å²) in [4.78, 5) is 18.6. The summed E-state index contributed by atoms with van der Waals surface area (Å²) in [5.41, 5.74) is 5.28. The quantitative estimate of drug-likeness (QED) is 0.361. The normalized spacial score (nSPS) is 11.9. The molecule has 5 heteroatoms. The van der Waals surface area contributed by atoms with Gasteiger partial charge in [0.1, 0.15) is 17.2 Å². The first-order valence-corrected chi connectivity index (χ1v) is 11.1. The lowest BCUT2D eigenvalue weighted by atomic mass is 10.1. The van der Waals surface area contributed by atoms with Crippen LogP contribution >= 0.6 is 11.6 Å². The van der Waals surface area contributed by atoms with Gasteiger partial charge in [0.05, 0.1) is 6.04 Å². The van der Waals surface area contributed by atoms with Crippen LogP contribution in [0.1, 0.15) is 41.5 Å². The van der Waals surface area contributed by atoms with E-state index in [1.165, 1.54) is 0 Å². The van der Waals surface area contributed by atoms with Gasteiger partial charge in [-0.25, -0.2) is 4.98 Å². The lowest BCUT2D eigenvalue weighted by Gasteiger charge is -2.16. The molecule has 4 nitrogen and oxygen atoms in total. The first kappa shape index (κ1) is 21.8. The van der Waals surface area contributed by atoms with Crippen molar-refractivity contribution in [1.29, 1.82) is 0 Å². The van der Waals surface area contributed by atoms with Crippen LogP contribution in [-0.4, -0.2) is 15.5 Å². The molecule has 0 spiro atoms. The van der Waals surface area contributed by atoms with Crippen molar-refractivity contribution in [2.75, 3.05) is 0 Å². The van der Waals surface area contributed by atoms with Crippen molar-refractivity contribution in [2.45, 2.75) is 33.4 Å². The van der Waals surface area contributed by atoms with E-state index >= 15 is 0 Å². The SMILES string of the molecule is CCn1c(-c2ccccc2)nc(-c2cccc(C)c2)c1C(=O)NC(C)c1ccc(Cl)cc1. The summed E-state index contributed by atoms with van der Waals surface area (Å²) in [5.74, 6) is 0.634. The topological polar surface area (TPSA) is 46.9 Å². The molecular formula is C27H26ClN3O. The Bertz CT molecular complexity index is 1230. The Hall–Kier alpha value is -3.37. The highest BCUT2D eigenvalue weighted by Crippen LogP contribution is 2.30. The zero-order valence-corrected chi connectivity index (χ0v) is 19.2. The Morgan fingerprint density at radius 3 is 2.34 bits per heavy atom. The molecule has 1 heterocycles. The van der Waals surface area contributed by atoms with E-state index < -0.39 is 0 Å². The zero-order chi connectivity index (χ0) is 22.7. The Kier molecular flexibility index (Phi) is 6.42. The van der Waals surface area contributed by atoms with Crippen LogP contribution in [0.15, 0.2) is 78.9 Å². The molecule has 1 atom stereocenters. The molecule has 4 aromatic rings. The van der Waals surface area contributed by atoms with Crippen LogP contribution in [0, 0.1) is 6.92 Å². The van der Waals surface area contributed by atoms with Gasteiger partial charge in [0.25, 0.3) is 5.91 Å². The lowest BCUT2D eigenvalue weighted by Crippen LogP contribution is -2.29. The van der Waals surface area contributed by atoms with Gasteiger partial charge in [0.15, 0.2) is 0 Å². The second kappa shape index (κ2) is 9.41. The first-order valence-electron chi connectivity index (χ1n) is 10.8. The molecule has 0 aliphatic carbocycles. The number of halogens is 1. The summed E-state index contributed by atoms with van der Waals surface area (Å²) in [6.45, 7) is 6.67. The molecule has 32 heavy (non-hydrogen) atoms. The Labute approximate surface area is 193 Å². The molecule has 0 aliphatic rings. The number of nitrogens with zero attached hydrogens (tertiary/aromatic N) is 2. The highest BCUT2D eigenvalue weighted by atomic mass is 35.5. The van der Waals surface area contributed by atoms with Crippen molar-refractivity contribution in [1.82, 2.24) is 14.9 Å². The molecule has 162 valence electrons. The maximum absolute atomic E-state index is 13.6. The fourth-order valence-electron chi connectivity index (χ4n) is 3.89. The smallest absolute Gasteiger partial charge is 0.270 e. The van der Waals surface area contributed by atoms with E-state index in [1.54, 1.807) is 0 Å². The number of aromatic nitrogens is 2. The highest BCUT2D eigenvalue weighted by Gasteiger charge is 2.25. The first-order chi connectivity index (χ1) is 15.5. The Balaban J connectivity index is 1.80. The van der Waals surface area contributed by atoms with Gasteiger partial charge in [-0.2, -0.15) is 0 Å². The molecule has 4 rings (SSSR count). The summed E-state index contributed by atoms with van der Waals surface area (Å²) in [6.07, 6.45) is 0. The van der Waals surface area contributed by atoms with Crippen molar-refractivity contribution in [2.24, 2.45) is 0 Å². The molecule has 1 amide bonds. The van der Waals surface area contributed by atoms with Gasteiger partial charge in [-0.05, 0) is 44.5 Å². The summed E-state index contributed by atoms with van der Waals surface area (Å²) >= 11 is 6.02. The Morgan fingerprint density at radius 1 is 1.00 bits per heavy atom. The number of nitrogens with one attached hydrogen (secondary N) is 1. The third kappa shape index (κ3) is 4.46. The van der Waals surface area contributed by atoms with Gasteiger partial charge in [0.2, 0.25) is 0 Å². The molecular weight excluding hydrogens is 418 g/mol. The average molecular weight is 444 g/mol. The van der Waals surface area contributed by atoms with E-state index in [0.717, 1.165) is 28.1 Å². The Morgan fingerprint density at radius 2 is 1.69 bits per heavy atom. The summed E-state index contributed by atoms with van der Waals surface area (Å²) in [7, 11) is 0. The van der Waals surface area contributed by atoms with Crippen LogP contribution in [0.5, 0.6) is 0 Å². The fraction of sp³-hybridized carbons (Fsp3) is 0.185. The molecule has 1 aromatic heterocycles. The monoisotopic (exact) mass is 443 g/mol. The highest BCUT2D eigenvalue weighted by molar-refractivity contribution is 6.30. The fourth-order valence-corrected chi connectivity index (χ4v) is 4.02. The maximum Gasteiger partial charge on any atom is 0.270 e. The number of amides is 1. The van der Waals surface area contributed by atoms with Gasteiger partial charge < -0.3 is 9.88 Å². The third-order valence-electron chi connectivity index (χ3n) is 5.54. The molecule has 0 radical (unpaired) electrons. The van der Waals surface area contributed by atoms with Crippen LogP contribution in [-0.2, 0) is 6.54 Å². The largest absolute Gasteiger partial charge is 0.344 e. The second-order valence-corrected chi connectivity index (χ2v) is 8.30. The number of aryl methyl sites for hydroxylation is 1. The third-order valence-corrected chi connectivity index (χ3v) is 5.79. The molecule has 0 aliphatic heterocycles. The van der Waals surface area contributed by atoms with Crippen molar-refractivity contribution >= 4 is 17.5 Å². The zero-order valence-electron chi connectivity index (χ0n) is 18.5. The van der Waals surface area contributed by atoms with Gasteiger partial charge in [-0.1, -0.05) is 77.8 Å². The molecule has 3 aromatic carbocycles. The predicted molar refractivity (Wildman–Crippen MR) is 131 cm³/mol. The number of hydrogen-bond acceptors (Lipinski definition) is 2. The number of carbonyl (C=O) groups is 1. The van der Waals surface area contributed by atoms with Crippen molar-refractivity contribution < 1.29 is 4.79 Å². The van der Waals surface area contributed by atoms with Gasteiger partial charge >= 0.3 is 0 Å². The molecule has 0 saturated heterocycles. The molecule has 1 N–H and O–H groups in total. The number of rotatable bonds is 6. The maximum atomic E-state index is 13.6. The number of imidazole rings is 1. The molecule has 0 bridgehead atoms. The minimum Gasteiger partial charge on any atom is -0.344 e. The molecule has 1 unspecified atom stereocenters. The van der Waals surface area contributed by atoms with Crippen LogP contribution in [0.3, 0.4) is 0 Å². The molecule has 0 saturated carbocycles. The summed E-state index contributed by atoms with van der Waals surface area (Å²) < 4.78 is 2.00. The van der Waals surface area contributed by atoms with E-state index in [2.05, 4.69) is 11.4 Å². The van der Waals surface area contributed by atoms with E-state index in [9.17, 15) is 4.79 Å². The second-order valence-electron chi connectivity index (χ2n) is 7.86. The van der Waals surface area contributed by atoms with Crippen LogP contribution in [0.2, 0.25) is 5.02 Å². The minimum atomic E-state index is -0.175. The van der Waals surface area contributed by atoms with Crippen molar-refractivity contribution in [3.05, 3.63) is 101 Å². The summed E-state index contributed by atoms with van der Waals surface area (Å²) in [6, 6.07) is 25.5. The number of carbonyl (C=O) groups excluding carboxylic acids is 1. The van der Waals surface area contributed by atoms with E-state index in [4.69, 9.17) is 16.6 Å². The number of benzene rings is 3. The lowest BCUT2D eigenvalue weighted by molar-refractivity contribution is 0.0931. The summed E-state index contributed by atoms with van der Waals surface area (Å²) in [5, 5.41) is 3.83. The van der Waals surface area contributed by atoms with Gasteiger partial charge in [-0.15, -0.1) is 0 Å². The average Bonchev–Trinajstić information content (AvgIpc) is 3.20. The minimum absolute atomic E-state index is 0.152. The number of hydrogen-bond donors (Lipinski definition) is 1. The standard InChI is InChI=1S/C27H26ClN3O/c1-4-31-25(27(32)29-19(3)20-13-15-23(28)16-14-20)24(22-12-8-9-18(2)17-22)30-26(31)21-10-6-5-7-11-21/h5-17,19H,4H2,1-3H3,(H,29,32). The van der Waals surface area contributed by atoms with E-state index in [-0.39, 0.29) is 11.9 Å². The van der Waals surface area contributed by atoms with Crippen LogP contribution in [0.25, 0.3) is 22.6 Å². The van der Waals surface area contributed by atoms with E-state index in [0.29, 0.717) is 23.0 Å². The van der Waals surface area contributed by atoms with Crippen LogP contribution < -0.4 is 5.32 Å². The van der Waals surface area contributed by atoms with Crippen molar-refractivity contribution in [3.63, 3.8) is 0 Å². The van der Waals surface area contributed by atoms with Gasteiger partial charge in [0, 0.05) is 22.7 Å². The van der Waals surface area contributed by atoms with Crippen molar-refractivity contribution in [3.8, 4) is 22.6 Å². The van der Waals surface area contributed by atoms with E-state index in [1.807, 2.05) is 98.1 Å².